The van der Waals surface area contributed by atoms with Gasteiger partial charge in [0.15, 0.2) is 5.78 Å². The number of fused-ring (bicyclic) bond motifs is 1. The predicted octanol–water partition coefficient (Wildman–Crippen LogP) is 2.52. The minimum absolute atomic E-state index is 0.0212. The average Bonchev–Trinajstić information content (AvgIpc) is 3.19. The van der Waals surface area contributed by atoms with Crippen LogP contribution in [0.3, 0.4) is 0 Å². The van der Waals surface area contributed by atoms with Crippen molar-refractivity contribution in [1.29, 1.82) is 0 Å². The van der Waals surface area contributed by atoms with E-state index in [0.29, 0.717) is 23.5 Å². The van der Waals surface area contributed by atoms with E-state index in [1.165, 1.54) is 18.3 Å². The van der Waals surface area contributed by atoms with Gasteiger partial charge in [0, 0.05) is 18.5 Å². The molecule has 1 amide bonds. The molecule has 3 aromatic rings. The quantitative estimate of drug-likeness (QED) is 0.557. The van der Waals surface area contributed by atoms with Crippen molar-refractivity contribution in [2.75, 3.05) is 6.54 Å². The third-order valence-corrected chi connectivity index (χ3v) is 4.49. The summed E-state index contributed by atoms with van der Waals surface area (Å²) in [4.78, 5) is 23.8. The van der Waals surface area contributed by atoms with Crippen LogP contribution in [-0.4, -0.2) is 33.2 Å². The lowest BCUT2D eigenvalue weighted by molar-refractivity contribution is 0.0953. The van der Waals surface area contributed by atoms with Crippen molar-refractivity contribution in [2.24, 2.45) is 0 Å². The summed E-state index contributed by atoms with van der Waals surface area (Å²) in [5.74, 6) is -0.177. The lowest BCUT2D eigenvalue weighted by Crippen LogP contribution is -2.25. The average molecular weight is 328 g/mol. The first-order valence-electron chi connectivity index (χ1n) is 7.31. The summed E-state index contributed by atoms with van der Waals surface area (Å²) in [5, 5.41) is 12.8. The van der Waals surface area contributed by atoms with Gasteiger partial charge in [-0.15, -0.1) is 16.4 Å². The van der Waals surface area contributed by atoms with Crippen molar-refractivity contribution in [3.05, 3.63) is 46.2 Å². The van der Waals surface area contributed by atoms with Gasteiger partial charge in [-0.3, -0.25) is 9.59 Å². The molecule has 0 unspecified atom stereocenters. The minimum atomic E-state index is -0.155. The van der Waals surface area contributed by atoms with Crippen LogP contribution in [0.2, 0.25) is 0 Å². The van der Waals surface area contributed by atoms with Crippen LogP contribution in [0.5, 0.6) is 0 Å². The van der Waals surface area contributed by atoms with E-state index in [0.717, 1.165) is 17.5 Å². The lowest BCUT2D eigenvalue weighted by Gasteiger charge is -2.04. The van der Waals surface area contributed by atoms with Crippen LogP contribution in [0.1, 0.15) is 33.4 Å². The van der Waals surface area contributed by atoms with E-state index in [1.54, 1.807) is 11.4 Å². The topological polar surface area (TPSA) is 76.9 Å². The van der Waals surface area contributed by atoms with Gasteiger partial charge in [0.25, 0.3) is 5.91 Å². The molecule has 0 aliphatic rings. The Kier molecular flexibility index (Phi) is 4.47. The zero-order chi connectivity index (χ0) is 16.2. The smallest absolute Gasteiger partial charge is 0.252 e. The number of carbonyl (C=O) groups excluding carboxylic acids is 2. The van der Waals surface area contributed by atoms with E-state index >= 15 is 0 Å². The number of hydrogen-bond acceptors (Lipinski definition) is 5. The van der Waals surface area contributed by atoms with E-state index in [2.05, 4.69) is 15.6 Å². The molecular formula is C16H16N4O2S. The highest BCUT2D eigenvalue weighted by molar-refractivity contribution is 7.12. The number of aryl methyl sites for hydroxylation is 1. The Morgan fingerprint density at radius 1 is 1.30 bits per heavy atom. The van der Waals surface area contributed by atoms with E-state index in [9.17, 15) is 9.59 Å². The Bertz CT molecular complexity index is 853. The van der Waals surface area contributed by atoms with Crippen molar-refractivity contribution in [3.8, 4) is 0 Å². The number of nitrogens with one attached hydrogen (secondary N) is 1. The Morgan fingerprint density at radius 3 is 2.91 bits per heavy atom. The van der Waals surface area contributed by atoms with Crippen molar-refractivity contribution in [3.63, 3.8) is 0 Å². The highest BCUT2D eigenvalue weighted by Gasteiger charge is 2.10. The van der Waals surface area contributed by atoms with Gasteiger partial charge < -0.3 is 5.32 Å². The van der Waals surface area contributed by atoms with Crippen LogP contribution in [0.15, 0.2) is 35.7 Å². The van der Waals surface area contributed by atoms with Crippen molar-refractivity contribution >= 4 is 34.1 Å². The van der Waals surface area contributed by atoms with Crippen LogP contribution in [0.4, 0.5) is 0 Å². The summed E-state index contributed by atoms with van der Waals surface area (Å²) in [6.07, 6.45) is 0.753. The zero-order valence-corrected chi connectivity index (χ0v) is 13.5. The van der Waals surface area contributed by atoms with Gasteiger partial charge in [0.1, 0.15) is 5.52 Å². The van der Waals surface area contributed by atoms with E-state index in [-0.39, 0.29) is 11.7 Å². The molecule has 1 N–H and O–H groups in total. The first kappa shape index (κ1) is 15.4. The van der Waals surface area contributed by atoms with E-state index in [4.69, 9.17) is 0 Å². The van der Waals surface area contributed by atoms with E-state index in [1.807, 2.05) is 28.9 Å². The number of rotatable bonds is 6. The van der Waals surface area contributed by atoms with Crippen molar-refractivity contribution < 1.29 is 9.59 Å². The number of ketones is 1. The summed E-state index contributed by atoms with van der Waals surface area (Å²) < 4.78 is 1.83. The van der Waals surface area contributed by atoms with Crippen molar-refractivity contribution in [1.82, 2.24) is 20.3 Å². The molecule has 2 heterocycles. The van der Waals surface area contributed by atoms with Gasteiger partial charge >= 0.3 is 0 Å². The van der Waals surface area contributed by atoms with Crippen LogP contribution in [-0.2, 0) is 6.54 Å². The normalized spacial score (nSPS) is 10.8. The Labute approximate surface area is 137 Å². The maximum Gasteiger partial charge on any atom is 0.252 e. The molecule has 7 heteroatoms. The molecule has 0 aliphatic heterocycles. The second-order valence-corrected chi connectivity index (χ2v) is 6.08. The molecule has 1 aromatic carbocycles. The third kappa shape index (κ3) is 3.45. The summed E-state index contributed by atoms with van der Waals surface area (Å²) in [7, 11) is 0. The lowest BCUT2D eigenvalue weighted by atomic mass is 10.2. The number of thiophene rings is 1. The number of Topliss-reactive ketones (excluding diaryl/α,β-unsaturated/α-hetero) is 1. The number of aromatic nitrogens is 3. The Hall–Kier alpha value is -2.54. The van der Waals surface area contributed by atoms with Gasteiger partial charge in [-0.2, -0.15) is 0 Å². The molecule has 2 aromatic heterocycles. The maximum atomic E-state index is 12.0. The standard InChI is InChI=1S/C16H16N4O2S/c1-11(21)15-9-12(10-23-15)16(22)17-7-4-8-20-14-6-3-2-5-13(14)18-19-20/h2-3,5-6,9-10H,4,7-8H2,1H3,(H,17,22). The molecule has 0 fully saturated rings. The third-order valence-electron chi connectivity index (χ3n) is 3.46. The number of carbonyl (C=O) groups is 2. The van der Waals surface area contributed by atoms with Gasteiger partial charge in [0.05, 0.1) is 16.0 Å². The van der Waals surface area contributed by atoms with Crippen LogP contribution in [0.25, 0.3) is 11.0 Å². The molecule has 6 nitrogen and oxygen atoms in total. The molecule has 0 atom stereocenters. The molecule has 0 radical (unpaired) electrons. The minimum Gasteiger partial charge on any atom is -0.352 e. The monoisotopic (exact) mass is 328 g/mol. The molecule has 0 saturated heterocycles. The first-order valence-corrected chi connectivity index (χ1v) is 8.19. The van der Waals surface area contributed by atoms with Gasteiger partial charge in [-0.1, -0.05) is 17.3 Å². The molecule has 0 aliphatic carbocycles. The highest BCUT2D eigenvalue weighted by Crippen LogP contribution is 2.15. The SMILES string of the molecule is CC(=O)c1cc(C(=O)NCCCn2nnc3ccccc32)cs1. The van der Waals surface area contributed by atoms with E-state index < -0.39 is 0 Å². The summed E-state index contributed by atoms with van der Waals surface area (Å²) in [6.45, 7) is 2.72. The predicted molar refractivity (Wildman–Crippen MR) is 88.8 cm³/mol. The number of benzene rings is 1. The van der Waals surface area contributed by atoms with Crippen LogP contribution in [0, 0.1) is 0 Å². The number of para-hydroxylation sites is 1. The van der Waals surface area contributed by atoms with Gasteiger partial charge in [0.2, 0.25) is 0 Å². The second-order valence-electron chi connectivity index (χ2n) is 5.17. The number of nitrogens with zero attached hydrogens (tertiary/aromatic N) is 3. The number of amides is 1. The van der Waals surface area contributed by atoms with Crippen LogP contribution < -0.4 is 5.32 Å². The molecule has 0 spiro atoms. The first-order chi connectivity index (χ1) is 11.1. The maximum absolute atomic E-state index is 12.0. The molecule has 0 saturated carbocycles. The second kappa shape index (κ2) is 6.70. The molecule has 23 heavy (non-hydrogen) atoms. The fraction of sp³-hybridized carbons (Fsp3) is 0.250. The summed E-state index contributed by atoms with van der Waals surface area (Å²) in [6, 6.07) is 9.41. The summed E-state index contributed by atoms with van der Waals surface area (Å²) in [5.41, 5.74) is 2.39. The molecule has 3 rings (SSSR count). The fourth-order valence-corrected chi connectivity index (χ4v) is 3.05. The van der Waals surface area contributed by atoms with Crippen molar-refractivity contribution in [2.45, 2.75) is 19.9 Å². The van der Waals surface area contributed by atoms with Gasteiger partial charge in [-0.05, 0) is 31.5 Å². The largest absolute Gasteiger partial charge is 0.352 e. The van der Waals surface area contributed by atoms with Gasteiger partial charge in [-0.25, -0.2) is 4.68 Å². The molecule has 118 valence electrons. The van der Waals surface area contributed by atoms with Crippen LogP contribution >= 0.6 is 11.3 Å². The number of hydrogen-bond donors (Lipinski definition) is 1. The summed E-state index contributed by atoms with van der Waals surface area (Å²) >= 11 is 1.29. The highest BCUT2D eigenvalue weighted by atomic mass is 32.1. The molecular weight excluding hydrogens is 312 g/mol. The zero-order valence-electron chi connectivity index (χ0n) is 12.7. The molecule has 0 bridgehead atoms. The Morgan fingerprint density at radius 2 is 2.13 bits per heavy atom. The Balaban J connectivity index is 1.51. The fourth-order valence-electron chi connectivity index (χ4n) is 2.26.